The van der Waals surface area contributed by atoms with Gasteiger partial charge < -0.3 is 11.5 Å². The lowest BCUT2D eigenvalue weighted by atomic mass is 9.98. The quantitative estimate of drug-likeness (QED) is 0.528. The molecule has 1 aromatic rings. The van der Waals surface area contributed by atoms with Crippen molar-refractivity contribution in [2.75, 3.05) is 0 Å². The normalized spacial score (nSPS) is 11.2. The van der Waals surface area contributed by atoms with E-state index < -0.39 is 15.9 Å². The van der Waals surface area contributed by atoms with Crippen molar-refractivity contribution in [3.63, 3.8) is 0 Å². The Bertz CT molecular complexity index is 677. The van der Waals surface area contributed by atoms with Gasteiger partial charge in [0, 0.05) is 5.56 Å². The monoisotopic (exact) mass is 312 g/mol. The predicted molar refractivity (Wildman–Crippen MR) is 81.3 cm³/mol. The van der Waals surface area contributed by atoms with Crippen LogP contribution in [0.25, 0.3) is 0 Å². The van der Waals surface area contributed by atoms with Crippen LogP contribution in [0.4, 0.5) is 0 Å². The molecule has 8 heteroatoms. The Morgan fingerprint density at radius 3 is 2.24 bits per heavy atom. The first-order valence-corrected chi connectivity index (χ1v) is 8.07. The lowest BCUT2D eigenvalue weighted by Crippen LogP contribution is -2.24. The van der Waals surface area contributed by atoms with E-state index in [0.717, 1.165) is 6.42 Å². The molecule has 0 heterocycles. The molecule has 0 atom stereocenters. The van der Waals surface area contributed by atoms with E-state index >= 15 is 0 Å². The van der Waals surface area contributed by atoms with Gasteiger partial charge >= 0.3 is 0 Å². The Kier molecular flexibility index (Phi) is 5.45. The molecule has 1 amide bonds. The third-order valence-corrected chi connectivity index (χ3v) is 3.95. The number of carbonyl (C=O) groups excluding carboxylic acids is 1. The molecule has 0 bridgehead atoms. The van der Waals surface area contributed by atoms with Crippen molar-refractivity contribution in [3.8, 4) is 0 Å². The Hall–Kier alpha value is -1.93. The summed E-state index contributed by atoms with van der Waals surface area (Å²) in [4.78, 5) is 15.4. The lowest BCUT2D eigenvalue weighted by Gasteiger charge is -2.12. The number of hydrogen-bond donors (Lipinski definition) is 3. The first kappa shape index (κ1) is 17.1. The minimum Gasteiger partial charge on any atom is -0.370 e. The molecule has 0 aliphatic rings. The summed E-state index contributed by atoms with van der Waals surface area (Å²) in [6.07, 6.45) is 1.89. The number of nitrogens with two attached hydrogens (primary N) is 3. The first-order valence-electron chi connectivity index (χ1n) is 6.53. The van der Waals surface area contributed by atoms with E-state index in [9.17, 15) is 13.2 Å². The van der Waals surface area contributed by atoms with Crippen LogP contribution in [0, 0.1) is 0 Å². The Morgan fingerprint density at radius 1 is 1.19 bits per heavy atom. The van der Waals surface area contributed by atoms with Crippen LogP contribution in [0.2, 0.25) is 0 Å². The van der Waals surface area contributed by atoms with E-state index in [4.69, 9.17) is 16.6 Å². The molecule has 0 saturated carbocycles. The third kappa shape index (κ3) is 4.27. The predicted octanol–water partition coefficient (Wildman–Crippen LogP) is 0.263. The number of primary sulfonamides is 1. The van der Waals surface area contributed by atoms with Crippen LogP contribution in [0.15, 0.2) is 22.0 Å². The molecule has 0 fully saturated rings. The number of carbonyl (C=O) groups is 1. The van der Waals surface area contributed by atoms with Crippen molar-refractivity contribution in [2.24, 2.45) is 21.6 Å². The van der Waals surface area contributed by atoms with Gasteiger partial charge in [-0.05, 0) is 30.0 Å². The molecule has 0 aliphatic carbocycles. The van der Waals surface area contributed by atoms with Crippen LogP contribution in [-0.4, -0.2) is 20.3 Å². The van der Waals surface area contributed by atoms with Gasteiger partial charge in [0.05, 0.1) is 4.90 Å². The second-order valence-corrected chi connectivity index (χ2v) is 6.14. The van der Waals surface area contributed by atoms with E-state index in [1.165, 1.54) is 6.07 Å². The van der Waals surface area contributed by atoms with E-state index in [1.807, 2.05) is 13.8 Å². The Morgan fingerprint density at radius 2 is 1.81 bits per heavy atom. The summed E-state index contributed by atoms with van der Waals surface area (Å²) in [7, 11) is -3.92. The molecular formula is C13H20N4O3S. The number of hydrogen-bond acceptors (Lipinski definition) is 3. The zero-order valence-electron chi connectivity index (χ0n) is 12.1. The van der Waals surface area contributed by atoms with Gasteiger partial charge in [-0.1, -0.05) is 26.3 Å². The average Bonchev–Trinajstić information content (AvgIpc) is 2.36. The maximum absolute atomic E-state index is 12.0. The molecule has 0 aliphatic heterocycles. The number of amides is 1. The zero-order chi connectivity index (χ0) is 16.2. The van der Waals surface area contributed by atoms with Crippen LogP contribution >= 0.6 is 0 Å². The van der Waals surface area contributed by atoms with Crippen molar-refractivity contribution in [2.45, 2.75) is 38.0 Å². The van der Waals surface area contributed by atoms with E-state index in [2.05, 4.69) is 4.99 Å². The minimum atomic E-state index is -3.92. The summed E-state index contributed by atoms with van der Waals surface area (Å²) < 4.78 is 23.3. The fourth-order valence-electron chi connectivity index (χ4n) is 2.07. The third-order valence-electron chi connectivity index (χ3n) is 2.95. The molecule has 1 rings (SSSR count). The van der Waals surface area contributed by atoms with Gasteiger partial charge in [-0.15, -0.1) is 0 Å². The molecule has 0 aromatic heterocycles. The molecule has 0 saturated heterocycles. The molecule has 1 aromatic carbocycles. The Balaban J connectivity index is 3.60. The first-order chi connectivity index (χ1) is 9.70. The number of aryl methyl sites for hydroxylation is 2. The fourth-order valence-corrected chi connectivity index (χ4v) is 2.92. The number of aliphatic imine (C=N–C) groups is 1. The molecule has 6 N–H and O–H groups in total. The van der Waals surface area contributed by atoms with Crippen molar-refractivity contribution >= 4 is 21.9 Å². The van der Waals surface area contributed by atoms with E-state index in [0.29, 0.717) is 24.0 Å². The van der Waals surface area contributed by atoms with Crippen LogP contribution in [0.3, 0.4) is 0 Å². The number of rotatable bonds is 5. The van der Waals surface area contributed by atoms with Gasteiger partial charge in [0.15, 0.2) is 5.96 Å². The van der Waals surface area contributed by atoms with Crippen LogP contribution in [0.5, 0.6) is 0 Å². The number of nitrogens with zero attached hydrogens (tertiary/aromatic N) is 1. The largest absolute Gasteiger partial charge is 0.370 e. The van der Waals surface area contributed by atoms with Crippen molar-refractivity contribution in [3.05, 3.63) is 28.8 Å². The second-order valence-electron chi connectivity index (χ2n) is 4.61. The van der Waals surface area contributed by atoms with Gasteiger partial charge in [-0.3, -0.25) is 4.79 Å². The van der Waals surface area contributed by atoms with Gasteiger partial charge in [-0.2, -0.15) is 4.99 Å². The summed E-state index contributed by atoms with van der Waals surface area (Å²) in [6.45, 7) is 3.77. The van der Waals surface area contributed by atoms with Gasteiger partial charge in [0.1, 0.15) is 0 Å². The SMILES string of the molecule is CCCc1cc(CC)c(S(N)(=O)=O)cc1C(=O)N=C(N)N. The van der Waals surface area contributed by atoms with Crippen LogP contribution in [0.1, 0.15) is 41.8 Å². The summed E-state index contributed by atoms with van der Waals surface area (Å²) in [5.41, 5.74) is 11.8. The van der Waals surface area contributed by atoms with Crippen molar-refractivity contribution in [1.82, 2.24) is 0 Å². The molecule has 7 nitrogen and oxygen atoms in total. The van der Waals surface area contributed by atoms with E-state index in [1.54, 1.807) is 6.07 Å². The lowest BCUT2D eigenvalue weighted by molar-refractivity contribution is 0.100. The molecular weight excluding hydrogens is 292 g/mol. The second kappa shape index (κ2) is 6.68. The van der Waals surface area contributed by atoms with Crippen molar-refractivity contribution in [1.29, 1.82) is 0 Å². The van der Waals surface area contributed by atoms with Crippen LogP contribution in [-0.2, 0) is 22.9 Å². The molecule has 116 valence electrons. The minimum absolute atomic E-state index is 0.0704. The standard InChI is InChI=1S/C13H20N4O3S/c1-3-5-9-6-8(4-2)11(21(16,19)20)7-10(9)12(18)17-13(14)15/h6-7H,3-5H2,1-2H3,(H2,16,19,20)(H4,14,15,17,18). The highest BCUT2D eigenvalue weighted by atomic mass is 32.2. The summed E-state index contributed by atoms with van der Waals surface area (Å²) >= 11 is 0. The highest BCUT2D eigenvalue weighted by Gasteiger charge is 2.20. The molecule has 0 radical (unpaired) electrons. The zero-order valence-corrected chi connectivity index (χ0v) is 12.9. The van der Waals surface area contributed by atoms with Gasteiger partial charge in [0.25, 0.3) is 5.91 Å². The van der Waals surface area contributed by atoms with Gasteiger partial charge in [0.2, 0.25) is 10.0 Å². The maximum Gasteiger partial charge on any atom is 0.280 e. The van der Waals surface area contributed by atoms with Gasteiger partial charge in [-0.25, -0.2) is 13.6 Å². The summed E-state index contributed by atoms with van der Waals surface area (Å²) in [5, 5.41) is 5.20. The highest BCUT2D eigenvalue weighted by Crippen LogP contribution is 2.23. The van der Waals surface area contributed by atoms with Crippen LogP contribution < -0.4 is 16.6 Å². The fraction of sp³-hybridized carbons (Fsp3) is 0.385. The highest BCUT2D eigenvalue weighted by molar-refractivity contribution is 7.89. The topological polar surface area (TPSA) is 142 Å². The molecule has 0 unspecified atom stereocenters. The average molecular weight is 312 g/mol. The molecule has 21 heavy (non-hydrogen) atoms. The number of benzene rings is 1. The van der Waals surface area contributed by atoms with Crippen molar-refractivity contribution < 1.29 is 13.2 Å². The summed E-state index contributed by atoms with van der Waals surface area (Å²) in [5.74, 6) is -1.05. The molecule has 0 spiro atoms. The maximum atomic E-state index is 12.0. The Labute approximate surface area is 124 Å². The smallest absolute Gasteiger partial charge is 0.280 e. The summed E-state index contributed by atoms with van der Waals surface area (Å²) in [6, 6.07) is 2.94. The number of guanidine groups is 1. The van der Waals surface area contributed by atoms with E-state index in [-0.39, 0.29) is 16.4 Å². The number of sulfonamides is 1.